The highest BCUT2D eigenvalue weighted by Crippen LogP contribution is 2.30. The first-order chi connectivity index (χ1) is 19.7. The topological polar surface area (TPSA) is 140 Å². The van der Waals surface area contributed by atoms with Gasteiger partial charge in [0.2, 0.25) is 0 Å². The molecule has 1 saturated heterocycles. The van der Waals surface area contributed by atoms with E-state index in [0.29, 0.717) is 52.9 Å². The molecule has 1 heterocycles. The minimum Gasteiger partial charge on any atom is -0.457 e. The van der Waals surface area contributed by atoms with Gasteiger partial charge in [0.1, 0.15) is 29.3 Å². The number of carbonyl (C=O) groups excluding carboxylic acids is 1. The van der Waals surface area contributed by atoms with Crippen LogP contribution < -0.4 is 9.47 Å². The summed E-state index contributed by atoms with van der Waals surface area (Å²) in [4.78, 5) is 31.2. The molecule has 0 bridgehead atoms. The summed E-state index contributed by atoms with van der Waals surface area (Å²) in [6.07, 6.45) is 0.440. The molecule has 0 saturated carbocycles. The number of ether oxygens (including phenoxy) is 4. The van der Waals surface area contributed by atoms with Gasteiger partial charge in [0.25, 0.3) is 11.4 Å². The zero-order valence-corrected chi connectivity index (χ0v) is 22.2. The Bertz CT molecular complexity index is 1530. The molecule has 1 aliphatic rings. The highest BCUT2D eigenvalue weighted by atomic mass is 16.7. The molecule has 0 atom stereocenters. The smallest absolute Gasteiger partial charge is 0.272 e. The molecule has 11 heteroatoms. The van der Waals surface area contributed by atoms with E-state index in [1.165, 1.54) is 12.1 Å². The van der Waals surface area contributed by atoms with Crippen molar-refractivity contribution in [2.24, 2.45) is 0 Å². The molecular weight excluding hydrogens is 532 g/mol. The van der Waals surface area contributed by atoms with Gasteiger partial charge in [-0.3, -0.25) is 25.0 Å². The second kappa shape index (κ2) is 13.3. The summed E-state index contributed by atoms with van der Waals surface area (Å²) in [5.74, 6) is 2.29. The van der Waals surface area contributed by atoms with Gasteiger partial charge in [-0.05, 0) is 74.5 Å². The van der Waals surface area contributed by atoms with Crippen molar-refractivity contribution in [1.82, 2.24) is 0 Å². The third-order valence-corrected chi connectivity index (χ3v) is 5.99. The summed E-state index contributed by atoms with van der Waals surface area (Å²) < 4.78 is 22.1. The van der Waals surface area contributed by atoms with Crippen LogP contribution in [-0.4, -0.2) is 29.3 Å². The van der Waals surface area contributed by atoms with E-state index in [1.807, 2.05) is 24.3 Å². The number of nitrogens with zero attached hydrogens (tertiary/aromatic N) is 2. The van der Waals surface area contributed by atoms with E-state index >= 15 is 0 Å². The van der Waals surface area contributed by atoms with Crippen molar-refractivity contribution in [2.45, 2.75) is 20.1 Å². The molecule has 0 radical (unpaired) electrons. The Morgan fingerprint density at radius 2 is 1.10 bits per heavy atom. The second-order valence-corrected chi connectivity index (χ2v) is 8.94. The van der Waals surface area contributed by atoms with Gasteiger partial charge >= 0.3 is 0 Å². The normalized spacial score (nSPS) is 12.6. The number of aryl methyl sites for hydroxylation is 2. The zero-order chi connectivity index (χ0) is 29.4. The lowest BCUT2D eigenvalue weighted by molar-refractivity contribution is -0.385. The third-order valence-electron chi connectivity index (χ3n) is 5.99. The fourth-order valence-corrected chi connectivity index (χ4v) is 3.92. The molecule has 0 aliphatic carbocycles. The van der Waals surface area contributed by atoms with Crippen LogP contribution in [0, 0.1) is 34.1 Å². The minimum absolute atomic E-state index is 0.0589. The van der Waals surface area contributed by atoms with E-state index in [1.54, 1.807) is 62.4 Å². The monoisotopic (exact) mass is 558 g/mol. The van der Waals surface area contributed by atoms with Crippen LogP contribution in [0.3, 0.4) is 0 Å². The van der Waals surface area contributed by atoms with Gasteiger partial charge in [-0.15, -0.1) is 0 Å². The minimum atomic E-state index is -0.433. The Morgan fingerprint density at radius 3 is 1.49 bits per heavy atom. The lowest BCUT2D eigenvalue weighted by Gasteiger charge is -2.11. The maximum atomic E-state index is 10.8. The second-order valence-electron chi connectivity index (χ2n) is 8.94. The number of hydrogen-bond acceptors (Lipinski definition) is 9. The summed E-state index contributed by atoms with van der Waals surface area (Å²) in [6, 6.07) is 23.2. The van der Waals surface area contributed by atoms with Crippen LogP contribution in [0.1, 0.15) is 33.3 Å². The van der Waals surface area contributed by atoms with E-state index < -0.39 is 9.85 Å². The van der Waals surface area contributed by atoms with Crippen molar-refractivity contribution in [3.8, 4) is 23.0 Å². The predicted octanol–water partition coefficient (Wildman–Crippen LogP) is 7.25. The molecule has 0 amide bonds. The van der Waals surface area contributed by atoms with Crippen molar-refractivity contribution < 1.29 is 33.6 Å². The maximum Gasteiger partial charge on any atom is 0.272 e. The van der Waals surface area contributed by atoms with Gasteiger partial charge < -0.3 is 18.9 Å². The summed E-state index contributed by atoms with van der Waals surface area (Å²) in [7, 11) is 0. The van der Waals surface area contributed by atoms with Crippen LogP contribution in [0.2, 0.25) is 0 Å². The van der Waals surface area contributed by atoms with Crippen LogP contribution in [0.25, 0.3) is 0 Å². The number of nitro benzene ring substituents is 2. The first kappa shape index (κ1) is 28.9. The lowest BCUT2D eigenvalue weighted by Crippen LogP contribution is -1.97. The molecule has 0 unspecified atom stereocenters. The Labute approximate surface area is 235 Å². The number of nitro groups is 2. The van der Waals surface area contributed by atoms with Crippen molar-refractivity contribution in [3.63, 3.8) is 0 Å². The fraction of sp³-hybridized carbons (Fsp3) is 0.167. The van der Waals surface area contributed by atoms with Crippen LogP contribution in [0.15, 0.2) is 84.9 Å². The molecule has 1 aliphatic heterocycles. The molecule has 210 valence electrons. The predicted molar refractivity (Wildman–Crippen MR) is 149 cm³/mol. The molecule has 0 N–H and O–H groups in total. The van der Waals surface area contributed by atoms with E-state index in [0.717, 1.165) is 11.8 Å². The zero-order valence-electron chi connectivity index (χ0n) is 22.2. The van der Waals surface area contributed by atoms with Gasteiger partial charge in [0.15, 0.2) is 6.29 Å². The lowest BCUT2D eigenvalue weighted by atomic mass is 10.2. The fourth-order valence-electron chi connectivity index (χ4n) is 3.92. The van der Waals surface area contributed by atoms with E-state index in [4.69, 9.17) is 18.9 Å². The maximum absolute atomic E-state index is 10.8. The van der Waals surface area contributed by atoms with E-state index in [9.17, 15) is 25.0 Å². The molecule has 5 rings (SSSR count). The number of hydrogen-bond donors (Lipinski definition) is 0. The van der Waals surface area contributed by atoms with Crippen LogP contribution in [0.4, 0.5) is 11.4 Å². The average Bonchev–Trinajstić information content (AvgIpc) is 3.49. The Hall–Kier alpha value is -5.13. The van der Waals surface area contributed by atoms with Crippen molar-refractivity contribution in [2.75, 3.05) is 13.2 Å². The van der Waals surface area contributed by atoms with Gasteiger partial charge in [-0.1, -0.05) is 12.1 Å². The number of rotatable bonds is 8. The number of aldehydes is 1. The highest BCUT2D eigenvalue weighted by molar-refractivity contribution is 5.74. The van der Waals surface area contributed by atoms with Gasteiger partial charge in [-0.25, -0.2) is 0 Å². The Morgan fingerprint density at radius 1 is 0.683 bits per heavy atom. The van der Waals surface area contributed by atoms with Gasteiger partial charge in [0.05, 0.1) is 23.1 Å². The van der Waals surface area contributed by atoms with Gasteiger partial charge in [0, 0.05) is 34.4 Å². The van der Waals surface area contributed by atoms with E-state index in [2.05, 4.69) is 0 Å². The van der Waals surface area contributed by atoms with Crippen LogP contribution in [0.5, 0.6) is 23.0 Å². The van der Waals surface area contributed by atoms with Crippen molar-refractivity contribution in [1.29, 1.82) is 0 Å². The van der Waals surface area contributed by atoms with Gasteiger partial charge in [-0.2, -0.15) is 0 Å². The molecule has 4 aromatic carbocycles. The molecule has 1 fully saturated rings. The molecular formula is C30H26N2O9. The first-order valence-electron chi connectivity index (χ1n) is 12.5. The summed E-state index contributed by atoms with van der Waals surface area (Å²) in [5, 5.41) is 21.5. The Balaban J connectivity index is 0.000000191. The molecule has 0 spiro atoms. The first-order valence-corrected chi connectivity index (χ1v) is 12.5. The quantitative estimate of drug-likeness (QED) is 0.124. The summed E-state index contributed by atoms with van der Waals surface area (Å²) in [5.41, 5.74) is 2.73. The third kappa shape index (κ3) is 7.72. The highest BCUT2D eigenvalue weighted by Gasteiger charge is 2.18. The standard InChI is InChI=1S/C16H15NO5.C14H11NO4/c1-11-10-14(6-7-15(11)17(18)19)22-13-4-2-12(3-5-13)16-20-8-9-21-16;1-10-8-13(6-7-14(10)15(17)18)19-12-4-2-11(9-16)3-5-12/h2-7,10,16H,8-9H2,1H3;2-9H,1H3. The number of carbonyl (C=O) groups is 1. The molecule has 41 heavy (non-hydrogen) atoms. The average molecular weight is 559 g/mol. The number of benzene rings is 4. The van der Waals surface area contributed by atoms with Crippen molar-refractivity contribution >= 4 is 17.7 Å². The summed E-state index contributed by atoms with van der Waals surface area (Å²) >= 11 is 0. The van der Waals surface area contributed by atoms with Crippen molar-refractivity contribution in [3.05, 3.63) is 127 Å². The Kier molecular flexibility index (Phi) is 9.35. The van der Waals surface area contributed by atoms with Crippen LogP contribution in [-0.2, 0) is 9.47 Å². The molecule has 0 aromatic heterocycles. The van der Waals surface area contributed by atoms with E-state index in [-0.39, 0.29) is 17.7 Å². The van der Waals surface area contributed by atoms with Crippen LogP contribution >= 0.6 is 0 Å². The largest absolute Gasteiger partial charge is 0.457 e. The summed E-state index contributed by atoms with van der Waals surface area (Å²) in [6.45, 7) is 4.54. The molecule has 11 nitrogen and oxygen atoms in total. The molecule has 4 aromatic rings. The SMILES string of the molecule is Cc1cc(Oc2ccc(C3OCCO3)cc2)ccc1[N+](=O)[O-].Cc1cc(Oc2ccc(C=O)cc2)ccc1[N+](=O)[O-].